The molecule has 0 aliphatic rings. The molecule has 0 saturated carbocycles. The van der Waals surface area contributed by atoms with E-state index in [1.807, 2.05) is 50.2 Å². The van der Waals surface area contributed by atoms with Crippen LogP contribution < -0.4 is 4.74 Å². The zero-order valence-electron chi connectivity index (χ0n) is 10.8. The number of carbonyl (C=O) groups is 1. The van der Waals surface area contributed by atoms with Crippen LogP contribution in [-0.2, 0) is 0 Å². The second-order valence-electron chi connectivity index (χ2n) is 3.42. The van der Waals surface area contributed by atoms with Gasteiger partial charge in [0.05, 0.1) is 7.11 Å². The molecule has 0 radical (unpaired) electrons. The van der Waals surface area contributed by atoms with Crippen molar-refractivity contribution < 1.29 is 9.53 Å². The van der Waals surface area contributed by atoms with E-state index in [4.69, 9.17) is 4.74 Å². The number of rotatable bonds is 2. The van der Waals surface area contributed by atoms with Crippen LogP contribution in [-0.4, -0.2) is 12.9 Å². The van der Waals surface area contributed by atoms with Crippen LogP contribution >= 0.6 is 0 Å². The Bertz CT molecular complexity index is 515. The Balaban J connectivity index is 0.000000686. The van der Waals surface area contributed by atoms with E-state index in [-0.39, 0.29) is 5.78 Å². The van der Waals surface area contributed by atoms with Gasteiger partial charge in [-0.2, -0.15) is 0 Å². The Morgan fingerprint density at radius 2 is 1.59 bits per heavy atom. The molecule has 0 bridgehead atoms. The SMILES string of the molecule is CC.COc1ccc(C(C)=O)c2ccccc12. The van der Waals surface area contributed by atoms with Crippen LogP contribution in [0.2, 0.25) is 0 Å². The quantitative estimate of drug-likeness (QED) is 0.727. The smallest absolute Gasteiger partial charge is 0.160 e. The average Bonchev–Trinajstić information content (AvgIpc) is 2.39. The standard InChI is InChI=1S/C13H12O2.C2H6/c1-9(14)10-7-8-13(15-2)12-6-4-3-5-11(10)12;1-2/h3-8H,1-2H3;1-2H3. The molecular formula is C15H18O2. The van der Waals surface area contributed by atoms with Gasteiger partial charge in [0.15, 0.2) is 5.78 Å². The second kappa shape index (κ2) is 6.04. The third kappa shape index (κ3) is 2.64. The second-order valence-corrected chi connectivity index (χ2v) is 3.42. The number of ketones is 1. The van der Waals surface area contributed by atoms with E-state index in [1.165, 1.54) is 0 Å². The molecule has 2 nitrogen and oxygen atoms in total. The number of fused-ring (bicyclic) bond motifs is 1. The zero-order chi connectivity index (χ0) is 12.8. The average molecular weight is 230 g/mol. The summed E-state index contributed by atoms with van der Waals surface area (Å²) in [5.41, 5.74) is 0.742. The van der Waals surface area contributed by atoms with E-state index in [1.54, 1.807) is 14.0 Å². The minimum absolute atomic E-state index is 0.0776. The first-order chi connectivity index (χ1) is 8.24. The molecule has 0 spiro atoms. The maximum Gasteiger partial charge on any atom is 0.160 e. The van der Waals surface area contributed by atoms with Gasteiger partial charge in [-0.15, -0.1) is 0 Å². The lowest BCUT2D eigenvalue weighted by Gasteiger charge is -2.07. The first-order valence-electron chi connectivity index (χ1n) is 5.80. The maximum absolute atomic E-state index is 11.4. The molecule has 0 saturated heterocycles. The van der Waals surface area contributed by atoms with Crippen molar-refractivity contribution in [2.45, 2.75) is 20.8 Å². The molecule has 0 aromatic heterocycles. The van der Waals surface area contributed by atoms with E-state index in [0.29, 0.717) is 0 Å². The maximum atomic E-state index is 11.4. The number of hydrogen-bond donors (Lipinski definition) is 0. The molecular weight excluding hydrogens is 212 g/mol. The van der Waals surface area contributed by atoms with E-state index < -0.39 is 0 Å². The molecule has 90 valence electrons. The molecule has 2 rings (SSSR count). The zero-order valence-corrected chi connectivity index (χ0v) is 10.8. The lowest BCUT2D eigenvalue weighted by Crippen LogP contribution is -1.95. The highest BCUT2D eigenvalue weighted by molar-refractivity contribution is 6.08. The molecule has 0 fully saturated rings. The molecule has 2 aromatic carbocycles. The highest BCUT2D eigenvalue weighted by atomic mass is 16.5. The van der Waals surface area contributed by atoms with Gasteiger partial charge in [-0.3, -0.25) is 4.79 Å². The van der Waals surface area contributed by atoms with E-state index in [2.05, 4.69) is 0 Å². The first kappa shape index (κ1) is 13.2. The molecule has 0 aliphatic carbocycles. The van der Waals surface area contributed by atoms with Gasteiger partial charge in [0.25, 0.3) is 0 Å². The van der Waals surface area contributed by atoms with Crippen LogP contribution in [0.1, 0.15) is 31.1 Å². The summed E-state index contributed by atoms with van der Waals surface area (Å²) >= 11 is 0. The minimum atomic E-state index is 0.0776. The predicted molar refractivity (Wildman–Crippen MR) is 71.9 cm³/mol. The van der Waals surface area contributed by atoms with Crippen LogP contribution in [0.5, 0.6) is 5.75 Å². The van der Waals surface area contributed by atoms with Gasteiger partial charge in [0.2, 0.25) is 0 Å². The summed E-state index contributed by atoms with van der Waals surface area (Å²) < 4.78 is 5.25. The highest BCUT2D eigenvalue weighted by Gasteiger charge is 2.08. The molecule has 0 atom stereocenters. The van der Waals surface area contributed by atoms with Gasteiger partial charge in [-0.1, -0.05) is 38.1 Å². The number of methoxy groups -OCH3 is 1. The lowest BCUT2D eigenvalue weighted by atomic mass is 10.0. The van der Waals surface area contributed by atoms with Gasteiger partial charge in [-0.25, -0.2) is 0 Å². The molecule has 0 N–H and O–H groups in total. The number of hydrogen-bond acceptors (Lipinski definition) is 2. The summed E-state index contributed by atoms with van der Waals surface area (Å²) in [5.74, 6) is 0.879. The van der Waals surface area contributed by atoms with Crippen molar-refractivity contribution in [1.29, 1.82) is 0 Å². The fourth-order valence-corrected chi connectivity index (χ4v) is 1.76. The van der Waals surface area contributed by atoms with Crippen molar-refractivity contribution in [3.8, 4) is 5.75 Å². The Labute approximate surface area is 102 Å². The molecule has 0 unspecified atom stereocenters. The predicted octanol–water partition coefficient (Wildman–Crippen LogP) is 4.08. The molecule has 2 heteroatoms. The Morgan fingerprint density at radius 1 is 1.00 bits per heavy atom. The van der Waals surface area contributed by atoms with Crippen molar-refractivity contribution in [3.05, 3.63) is 42.0 Å². The summed E-state index contributed by atoms with van der Waals surface area (Å²) in [6.45, 7) is 5.58. The van der Waals surface area contributed by atoms with Crippen molar-refractivity contribution >= 4 is 16.6 Å². The summed E-state index contributed by atoms with van der Waals surface area (Å²) in [6, 6.07) is 11.4. The Morgan fingerprint density at radius 3 is 2.12 bits per heavy atom. The van der Waals surface area contributed by atoms with Crippen molar-refractivity contribution in [3.63, 3.8) is 0 Å². The molecule has 17 heavy (non-hydrogen) atoms. The van der Waals surface area contributed by atoms with Crippen LogP contribution in [0.4, 0.5) is 0 Å². The van der Waals surface area contributed by atoms with E-state index >= 15 is 0 Å². The van der Waals surface area contributed by atoms with Crippen molar-refractivity contribution in [2.75, 3.05) is 7.11 Å². The summed E-state index contributed by atoms with van der Waals surface area (Å²) in [6.07, 6.45) is 0. The number of carbonyl (C=O) groups excluding carboxylic acids is 1. The van der Waals surface area contributed by atoms with Gasteiger partial charge in [0.1, 0.15) is 5.75 Å². The molecule has 0 amide bonds. The van der Waals surface area contributed by atoms with Gasteiger partial charge >= 0.3 is 0 Å². The summed E-state index contributed by atoms with van der Waals surface area (Å²) in [7, 11) is 1.63. The normalized spacial score (nSPS) is 9.41. The molecule has 2 aromatic rings. The lowest BCUT2D eigenvalue weighted by molar-refractivity contribution is 0.101. The topological polar surface area (TPSA) is 26.3 Å². The van der Waals surface area contributed by atoms with Gasteiger partial charge in [-0.05, 0) is 24.4 Å². The number of benzene rings is 2. The van der Waals surface area contributed by atoms with Crippen LogP contribution in [0.15, 0.2) is 36.4 Å². The number of Topliss-reactive ketones (excluding diaryl/α,β-unsaturated/α-hetero) is 1. The summed E-state index contributed by atoms with van der Waals surface area (Å²) in [5, 5.41) is 1.93. The van der Waals surface area contributed by atoms with Crippen LogP contribution in [0, 0.1) is 0 Å². The van der Waals surface area contributed by atoms with Crippen molar-refractivity contribution in [1.82, 2.24) is 0 Å². The summed E-state index contributed by atoms with van der Waals surface area (Å²) in [4.78, 5) is 11.4. The van der Waals surface area contributed by atoms with Crippen molar-refractivity contribution in [2.24, 2.45) is 0 Å². The van der Waals surface area contributed by atoms with E-state index in [9.17, 15) is 4.79 Å². The number of ether oxygens (including phenoxy) is 1. The third-order valence-electron chi connectivity index (χ3n) is 2.48. The molecule has 0 aliphatic heterocycles. The van der Waals surface area contributed by atoms with Gasteiger partial charge in [0, 0.05) is 10.9 Å². The van der Waals surface area contributed by atoms with E-state index in [0.717, 1.165) is 22.1 Å². The Kier molecular flexibility index (Phi) is 4.70. The van der Waals surface area contributed by atoms with Gasteiger partial charge < -0.3 is 4.74 Å². The van der Waals surface area contributed by atoms with Crippen LogP contribution in [0.25, 0.3) is 10.8 Å². The minimum Gasteiger partial charge on any atom is -0.496 e. The fourth-order valence-electron chi connectivity index (χ4n) is 1.76. The third-order valence-corrected chi connectivity index (χ3v) is 2.48. The molecule has 0 heterocycles. The largest absolute Gasteiger partial charge is 0.496 e. The first-order valence-corrected chi connectivity index (χ1v) is 5.80. The van der Waals surface area contributed by atoms with Crippen LogP contribution in [0.3, 0.4) is 0 Å². The highest BCUT2D eigenvalue weighted by Crippen LogP contribution is 2.28. The monoisotopic (exact) mass is 230 g/mol. The fraction of sp³-hybridized carbons (Fsp3) is 0.267. The Hall–Kier alpha value is -1.83.